The van der Waals surface area contributed by atoms with Crippen LogP contribution in [0, 0.1) is 0 Å². The molecule has 0 radical (unpaired) electrons. The van der Waals surface area contributed by atoms with Gasteiger partial charge in [-0.15, -0.1) is 0 Å². The number of halogens is 5. The largest absolute Gasteiger partial charge is 0.416 e. The molecule has 0 heterocycles. The minimum Gasteiger partial charge on any atom is -0.225 e. The van der Waals surface area contributed by atoms with Crippen molar-refractivity contribution in [3.63, 3.8) is 0 Å². The lowest BCUT2D eigenvalue weighted by Crippen LogP contribution is -2.15. The number of hydrogen-bond donors (Lipinski definition) is 1. The highest BCUT2D eigenvalue weighted by molar-refractivity contribution is 7.89. The van der Waals surface area contributed by atoms with Crippen molar-refractivity contribution in [1.82, 2.24) is 0 Å². The summed E-state index contributed by atoms with van der Waals surface area (Å²) in [6.45, 7) is 0. The van der Waals surface area contributed by atoms with Gasteiger partial charge >= 0.3 is 6.18 Å². The van der Waals surface area contributed by atoms with Gasteiger partial charge in [-0.3, -0.25) is 0 Å². The smallest absolute Gasteiger partial charge is 0.225 e. The Morgan fingerprint density at radius 3 is 1.95 bits per heavy atom. The molecule has 0 saturated heterocycles. The Bertz CT molecular complexity index is 815. The number of rotatable bonds is 2. The standard InChI is InChI=1S/C13H8Cl2F3NO2S/c14-9-3-7(4-10(15)6-9)11-2-1-8(13(16,17)18)5-12(11)22(19,20)21/h1-6H,(H2,19,20,21). The van der Waals surface area contributed by atoms with E-state index in [4.69, 9.17) is 28.3 Å². The van der Waals surface area contributed by atoms with Crippen LogP contribution in [0.1, 0.15) is 5.56 Å². The van der Waals surface area contributed by atoms with Crippen molar-refractivity contribution < 1.29 is 21.6 Å². The van der Waals surface area contributed by atoms with E-state index in [-0.39, 0.29) is 21.2 Å². The molecule has 0 atom stereocenters. The molecule has 2 aromatic rings. The predicted molar refractivity (Wildman–Crippen MR) is 78.3 cm³/mol. The van der Waals surface area contributed by atoms with Crippen molar-refractivity contribution in [3.05, 3.63) is 52.0 Å². The summed E-state index contributed by atoms with van der Waals surface area (Å²) in [6, 6.07) is 6.44. The van der Waals surface area contributed by atoms with Gasteiger partial charge in [0.05, 0.1) is 10.5 Å². The maximum Gasteiger partial charge on any atom is 0.416 e. The molecule has 0 fully saturated rings. The molecule has 2 rings (SSSR count). The van der Waals surface area contributed by atoms with E-state index in [1.807, 2.05) is 0 Å². The van der Waals surface area contributed by atoms with Crippen molar-refractivity contribution in [1.29, 1.82) is 0 Å². The Balaban J connectivity index is 2.76. The number of hydrogen-bond acceptors (Lipinski definition) is 2. The minimum atomic E-state index is -4.69. The van der Waals surface area contributed by atoms with E-state index in [1.54, 1.807) is 0 Å². The first-order valence-electron chi connectivity index (χ1n) is 5.69. The highest BCUT2D eigenvalue weighted by Crippen LogP contribution is 2.36. The van der Waals surface area contributed by atoms with Crippen LogP contribution in [0.4, 0.5) is 13.2 Å². The SMILES string of the molecule is NS(=O)(=O)c1cc(C(F)(F)F)ccc1-c1cc(Cl)cc(Cl)c1. The van der Waals surface area contributed by atoms with Gasteiger partial charge in [0, 0.05) is 15.6 Å². The summed E-state index contributed by atoms with van der Waals surface area (Å²) in [5.74, 6) is 0. The van der Waals surface area contributed by atoms with Crippen molar-refractivity contribution in [2.75, 3.05) is 0 Å². The van der Waals surface area contributed by atoms with Crippen LogP contribution < -0.4 is 5.14 Å². The third-order valence-corrected chi connectivity index (χ3v) is 4.18. The summed E-state index contributed by atoms with van der Waals surface area (Å²) in [6.07, 6.45) is -4.69. The van der Waals surface area contributed by atoms with Crippen molar-refractivity contribution in [3.8, 4) is 11.1 Å². The zero-order chi connectivity index (χ0) is 16.7. The van der Waals surface area contributed by atoms with Gasteiger partial charge in [0.15, 0.2) is 0 Å². The van der Waals surface area contributed by atoms with E-state index in [1.165, 1.54) is 18.2 Å². The molecule has 0 aliphatic rings. The summed E-state index contributed by atoms with van der Waals surface area (Å²) in [5.41, 5.74) is -0.886. The summed E-state index contributed by atoms with van der Waals surface area (Å²) in [7, 11) is -4.38. The fourth-order valence-electron chi connectivity index (χ4n) is 1.88. The second kappa shape index (κ2) is 5.73. The highest BCUT2D eigenvalue weighted by atomic mass is 35.5. The van der Waals surface area contributed by atoms with Gasteiger partial charge in [0.25, 0.3) is 0 Å². The molecule has 3 nitrogen and oxygen atoms in total. The Kier molecular flexibility index (Phi) is 4.45. The van der Waals surface area contributed by atoms with E-state index < -0.39 is 26.7 Å². The van der Waals surface area contributed by atoms with Gasteiger partial charge in [-0.25, -0.2) is 13.6 Å². The molecule has 2 aromatic carbocycles. The monoisotopic (exact) mass is 369 g/mol. The Morgan fingerprint density at radius 2 is 1.50 bits per heavy atom. The van der Waals surface area contributed by atoms with Gasteiger partial charge in [-0.1, -0.05) is 29.3 Å². The van der Waals surface area contributed by atoms with Crippen LogP contribution in [-0.4, -0.2) is 8.42 Å². The average molecular weight is 370 g/mol. The van der Waals surface area contributed by atoms with Crippen LogP contribution in [0.15, 0.2) is 41.3 Å². The van der Waals surface area contributed by atoms with E-state index in [2.05, 4.69) is 0 Å². The lowest BCUT2D eigenvalue weighted by atomic mass is 10.0. The molecule has 0 aromatic heterocycles. The van der Waals surface area contributed by atoms with E-state index in [9.17, 15) is 21.6 Å². The van der Waals surface area contributed by atoms with Crippen molar-refractivity contribution in [2.45, 2.75) is 11.1 Å². The average Bonchev–Trinajstić information content (AvgIpc) is 2.34. The predicted octanol–water partition coefficient (Wildman–Crippen LogP) is 4.33. The second-order valence-corrected chi connectivity index (χ2v) is 6.81. The van der Waals surface area contributed by atoms with Crippen molar-refractivity contribution in [2.24, 2.45) is 5.14 Å². The van der Waals surface area contributed by atoms with Crippen molar-refractivity contribution >= 4 is 33.2 Å². The first kappa shape index (κ1) is 17.1. The summed E-state index contributed by atoms with van der Waals surface area (Å²) in [5, 5.41) is 5.44. The topological polar surface area (TPSA) is 60.2 Å². The zero-order valence-corrected chi connectivity index (χ0v) is 13.0. The number of benzene rings is 2. The van der Waals surface area contributed by atoms with Gasteiger partial charge in [-0.2, -0.15) is 13.2 Å². The Morgan fingerprint density at radius 1 is 0.955 bits per heavy atom. The Labute approximate surface area is 134 Å². The molecule has 2 N–H and O–H groups in total. The summed E-state index contributed by atoms with van der Waals surface area (Å²) in [4.78, 5) is -0.652. The maximum absolute atomic E-state index is 12.7. The van der Waals surface area contributed by atoms with Gasteiger partial charge < -0.3 is 0 Å². The minimum absolute atomic E-state index is 0.0140. The maximum atomic E-state index is 12.7. The number of primary sulfonamides is 1. The molecular weight excluding hydrogens is 362 g/mol. The third kappa shape index (κ3) is 3.73. The lowest BCUT2D eigenvalue weighted by Gasteiger charge is -2.13. The van der Waals surface area contributed by atoms with Gasteiger partial charge in [0.1, 0.15) is 0 Å². The number of sulfonamides is 1. The van der Waals surface area contributed by atoms with E-state index >= 15 is 0 Å². The normalized spacial score (nSPS) is 12.5. The van der Waals surface area contributed by atoms with Crippen LogP contribution >= 0.6 is 23.2 Å². The first-order valence-corrected chi connectivity index (χ1v) is 7.99. The van der Waals surface area contributed by atoms with Gasteiger partial charge in [-0.05, 0) is 35.9 Å². The number of alkyl halides is 3. The number of nitrogens with two attached hydrogens (primary N) is 1. The second-order valence-electron chi connectivity index (χ2n) is 4.41. The fraction of sp³-hybridized carbons (Fsp3) is 0.0769. The van der Waals surface area contributed by atoms with E-state index in [0.717, 1.165) is 12.1 Å². The van der Waals surface area contributed by atoms with Crippen LogP contribution in [0.25, 0.3) is 11.1 Å². The molecule has 9 heteroatoms. The van der Waals surface area contributed by atoms with Crippen LogP contribution in [0.5, 0.6) is 0 Å². The lowest BCUT2D eigenvalue weighted by molar-refractivity contribution is -0.137. The molecule has 118 valence electrons. The van der Waals surface area contributed by atoms with Crippen LogP contribution in [0.3, 0.4) is 0 Å². The summed E-state index contributed by atoms with van der Waals surface area (Å²) < 4.78 is 61.5. The fourth-order valence-corrected chi connectivity index (χ4v) is 3.19. The molecule has 0 unspecified atom stereocenters. The highest BCUT2D eigenvalue weighted by Gasteiger charge is 2.32. The Hall–Kier alpha value is -1.28. The molecule has 0 bridgehead atoms. The zero-order valence-electron chi connectivity index (χ0n) is 10.7. The molecule has 22 heavy (non-hydrogen) atoms. The molecule has 0 amide bonds. The quantitative estimate of drug-likeness (QED) is 0.856. The molecule has 0 aliphatic carbocycles. The molecule has 0 spiro atoms. The van der Waals surface area contributed by atoms with E-state index in [0.29, 0.717) is 6.07 Å². The summed E-state index contributed by atoms with van der Waals surface area (Å²) >= 11 is 11.7. The molecule has 0 aliphatic heterocycles. The van der Waals surface area contributed by atoms with Crippen LogP contribution in [-0.2, 0) is 16.2 Å². The first-order chi connectivity index (χ1) is 9.98. The van der Waals surface area contributed by atoms with Gasteiger partial charge in [0.2, 0.25) is 10.0 Å². The molecular formula is C13H8Cl2F3NO2S. The molecule has 0 saturated carbocycles. The van der Waals surface area contributed by atoms with Crippen LogP contribution in [0.2, 0.25) is 10.0 Å². The third-order valence-electron chi connectivity index (χ3n) is 2.79.